The topological polar surface area (TPSA) is 133 Å². The van der Waals surface area contributed by atoms with Gasteiger partial charge in [-0.15, -0.1) is 0 Å². The standard InChI is InChI=1S/C30H27N3O8S/c1-17-4-6-20(10-18(17)2)32-28(35)15-39-22-8-5-19(11-24(22)38-3)12-26-29(36)33(30(37)42-26)14-27(34)31-21-7-9-23-25(13-21)41-16-40-23/h4-13H,14-16H2,1-3H3,(H,31,34)(H,32,35)/b26-12+. The van der Waals surface area contributed by atoms with E-state index in [1.165, 1.54) is 13.2 Å². The van der Waals surface area contributed by atoms with Gasteiger partial charge in [0.05, 0.1) is 12.0 Å². The minimum Gasteiger partial charge on any atom is -0.493 e. The number of aryl methyl sites for hydroxylation is 2. The summed E-state index contributed by atoms with van der Waals surface area (Å²) in [5, 5.41) is 4.89. The zero-order valence-corrected chi connectivity index (χ0v) is 23.8. The number of carbonyl (C=O) groups is 4. The van der Waals surface area contributed by atoms with Crippen LogP contribution in [-0.2, 0) is 14.4 Å². The van der Waals surface area contributed by atoms with Crippen molar-refractivity contribution < 1.29 is 38.1 Å². The third-order valence-corrected chi connectivity index (χ3v) is 7.37. The molecule has 0 aliphatic carbocycles. The summed E-state index contributed by atoms with van der Waals surface area (Å²) in [5.41, 5.74) is 3.88. The number of ether oxygens (including phenoxy) is 4. The number of fused-ring (bicyclic) bond motifs is 1. The molecule has 0 atom stereocenters. The summed E-state index contributed by atoms with van der Waals surface area (Å²) < 4.78 is 21.6. The highest BCUT2D eigenvalue weighted by molar-refractivity contribution is 8.18. The molecule has 5 rings (SSSR count). The summed E-state index contributed by atoms with van der Waals surface area (Å²) in [7, 11) is 1.45. The van der Waals surface area contributed by atoms with Gasteiger partial charge in [0.1, 0.15) is 6.54 Å². The lowest BCUT2D eigenvalue weighted by molar-refractivity contribution is -0.127. The largest absolute Gasteiger partial charge is 0.493 e. The van der Waals surface area contributed by atoms with Gasteiger partial charge in [0.2, 0.25) is 12.7 Å². The van der Waals surface area contributed by atoms with Crippen LogP contribution < -0.4 is 29.6 Å². The van der Waals surface area contributed by atoms with Crippen LogP contribution in [0.25, 0.3) is 6.08 Å². The van der Waals surface area contributed by atoms with Crippen molar-refractivity contribution in [2.24, 2.45) is 0 Å². The van der Waals surface area contributed by atoms with Gasteiger partial charge in [0, 0.05) is 17.4 Å². The second kappa shape index (κ2) is 12.3. The van der Waals surface area contributed by atoms with Crippen LogP contribution in [0.15, 0.2) is 59.5 Å². The van der Waals surface area contributed by atoms with Crippen molar-refractivity contribution in [3.05, 3.63) is 76.2 Å². The van der Waals surface area contributed by atoms with Gasteiger partial charge < -0.3 is 29.6 Å². The second-order valence-corrected chi connectivity index (χ2v) is 10.4. The van der Waals surface area contributed by atoms with Crippen molar-refractivity contribution in [1.82, 2.24) is 4.90 Å². The van der Waals surface area contributed by atoms with Gasteiger partial charge in [0.15, 0.2) is 29.6 Å². The number of rotatable bonds is 9. The first-order valence-electron chi connectivity index (χ1n) is 12.8. The monoisotopic (exact) mass is 589 g/mol. The zero-order chi connectivity index (χ0) is 29.8. The number of hydrogen-bond donors (Lipinski definition) is 2. The predicted molar refractivity (Wildman–Crippen MR) is 157 cm³/mol. The first kappa shape index (κ1) is 28.6. The van der Waals surface area contributed by atoms with E-state index in [9.17, 15) is 19.2 Å². The number of carbonyl (C=O) groups excluding carboxylic acids is 4. The van der Waals surface area contributed by atoms with E-state index >= 15 is 0 Å². The van der Waals surface area contributed by atoms with Crippen LogP contribution in [0.1, 0.15) is 16.7 Å². The Bertz CT molecular complexity index is 1620. The van der Waals surface area contributed by atoms with Crippen molar-refractivity contribution >= 4 is 52.2 Å². The number of benzene rings is 3. The molecule has 2 N–H and O–H groups in total. The highest BCUT2D eigenvalue weighted by Crippen LogP contribution is 2.36. The summed E-state index contributed by atoms with van der Waals surface area (Å²) in [6.07, 6.45) is 1.53. The van der Waals surface area contributed by atoms with Gasteiger partial charge in [-0.1, -0.05) is 12.1 Å². The molecule has 2 heterocycles. The molecule has 0 radical (unpaired) electrons. The normalized spacial score (nSPS) is 14.7. The van der Waals surface area contributed by atoms with Crippen LogP contribution >= 0.6 is 11.8 Å². The highest BCUT2D eigenvalue weighted by Gasteiger charge is 2.36. The van der Waals surface area contributed by atoms with E-state index in [-0.39, 0.29) is 24.2 Å². The lowest BCUT2D eigenvalue weighted by Crippen LogP contribution is -2.36. The minimum atomic E-state index is -0.590. The molecular formula is C30H27N3O8S. The first-order valence-corrected chi connectivity index (χ1v) is 13.6. The number of imide groups is 1. The van der Waals surface area contributed by atoms with E-state index in [0.29, 0.717) is 39.9 Å². The summed E-state index contributed by atoms with van der Waals surface area (Å²) >= 11 is 0.733. The fraction of sp³-hybridized carbons (Fsp3) is 0.200. The molecule has 0 aromatic heterocycles. The van der Waals surface area contributed by atoms with Crippen molar-refractivity contribution in [1.29, 1.82) is 0 Å². The molecule has 2 aliphatic rings. The average Bonchev–Trinajstić information content (AvgIpc) is 3.53. The summed E-state index contributed by atoms with van der Waals surface area (Å²) in [6.45, 7) is 3.37. The number of amides is 4. The molecule has 0 bridgehead atoms. The van der Waals surface area contributed by atoms with Crippen LogP contribution in [0.5, 0.6) is 23.0 Å². The maximum atomic E-state index is 12.9. The SMILES string of the molecule is COc1cc(/C=C2/SC(=O)N(CC(=O)Nc3ccc4c(c3)OCO4)C2=O)ccc1OCC(=O)Nc1ccc(C)c(C)c1. The van der Waals surface area contributed by atoms with Crippen LogP contribution in [0.4, 0.5) is 16.2 Å². The van der Waals surface area contributed by atoms with Gasteiger partial charge in [0.25, 0.3) is 17.1 Å². The zero-order valence-electron chi connectivity index (χ0n) is 23.0. The number of nitrogens with one attached hydrogen (secondary N) is 2. The predicted octanol–water partition coefficient (Wildman–Crippen LogP) is 4.73. The molecule has 11 nitrogen and oxygen atoms in total. The molecule has 4 amide bonds. The Morgan fingerprint density at radius 1 is 0.905 bits per heavy atom. The quantitative estimate of drug-likeness (QED) is 0.340. The molecule has 1 fully saturated rings. The molecule has 2 aliphatic heterocycles. The summed E-state index contributed by atoms with van der Waals surface area (Å²) in [4.78, 5) is 51.5. The minimum absolute atomic E-state index is 0.100. The molecule has 3 aromatic rings. The van der Waals surface area contributed by atoms with E-state index in [1.807, 2.05) is 32.0 Å². The van der Waals surface area contributed by atoms with Crippen LogP contribution in [0.2, 0.25) is 0 Å². The van der Waals surface area contributed by atoms with Gasteiger partial charge in [-0.05, 0) is 84.8 Å². The highest BCUT2D eigenvalue weighted by atomic mass is 32.2. The van der Waals surface area contributed by atoms with Crippen molar-refractivity contribution in [2.75, 3.05) is 37.7 Å². The Labute approximate surface area is 245 Å². The molecule has 0 spiro atoms. The third kappa shape index (κ3) is 6.50. The fourth-order valence-corrected chi connectivity index (χ4v) is 5.00. The molecule has 3 aromatic carbocycles. The van der Waals surface area contributed by atoms with Crippen molar-refractivity contribution in [2.45, 2.75) is 13.8 Å². The first-order chi connectivity index (χ1) is 20.2. The molecule has 0 unspecified atom stereocenters. The molecular weight excluding hydrogens is 562 g/mol. The fourth-order valence-electron chi connectivity index (χ4n) is 4.16. The molecule has 1 saturated heterocycles. The van der Waals surface area contributed by atoms with Crippen LogP contribution in [0.3, 0.4) is 0 Å². The van der Waals surface area contributed by atoms with Gasteiger partial charge >= 0.3 is 0 Å². The number of hydrogen-bond acceptors (Lipinski definition) is 9. The number of nitrogens with zero attached hydrogens (tertiary/aromatic N) is 1. The maximum Gasteiger partial charge on any atom is 0.294 e. The van der Waals surface area contributed by atoms with Crippen LogP contribution in [0, 0.1) is 13.8 Å². The third-order valence-electron chi connectivity index (χ3n) is 6.47. The van der Waals surface area contributed by atoms with E-state index in [1.54, 1.807) is 36.4 Å². The number of thioether (sulfide) groups is 1. The van der Waals surface area contributed by atoms with Gasteiger partial charge in [-0.3, -0.25) is 24.1 Å². The number of anilines is 2. The van der Waals surface area contributed by atoms with E-state index in [2.05, 4.69) is 10.6 Å². The molecule has 0 saturated carbocycles. The average molecular weight is 590 g/mol. The second-order valence-electron chi connectivity index (χ2n) is 9.43. The Morgan fingerprint density at radius 3 is 2.43 bits per heavy atom. The Kier molecular flexibility index (Phi) is 8.34. The van der Waals surface area contributed by atoms with Crippen molar-refractivity contribution in [3.8, 4) is 23.0 Å². The van der Waals surface area contributed by atoms with E-state index in [0.717, 1.165) is 27.8 Å². The lowest BCUT2D eigenvalue weighted by atomic mass is 10.1. The Hall–Kier alpha value is -4.97. The molecule has 12 heteroatoms. The molecule has 216 valence electrons. The van der Waals surface area contributed by atoms with Crippen molar-refractivity contribution in [3.63, 3.8) is 0 Å². The van der Waals surface area contributed by atoms with Gasteiger partial charge in [-0.2, -0.15) is 0 Å². The smallest absolute Gasteiger partial charge is 0.294 e. The number of methoxy groups -OCH3 is 1. The Morgan fingerprint density at radius 2 is 1.64 bits per heavy atom. The van der Waals surface area contributed by atoms with Gasteiger partial charge in [-0.25, -0.2) is 0 Å². The summed E-state index contributed by atoms with van der Waals surface area (Å²) in [5.74, 6) is 0.271. The lowest BCUT2D eigenvalue weighted by Gasteiger charge is -2.13. The summed E-state index contributed by atoms with van der Waals surface area (Å²) in [6, 6.07) is 15.4. The van der Waals surface area contributed by atoms with Crippen LogP contribution in [-0.4, -0.2) is 54.9 Å². The maximum absolute atomic E-state index is 12.9. The Balaban J connectivity index is 1.19. The molecule has 42 heavy (non-hydrogen) atoms. The van der Waals surface area contributed by atoms with E-state index in [4.69, 9.17) is 18.9 Å². The van der Waals surface area contributed by atoms with E-state index < -0.39 is 23.6 Å².